The molecular weight excluding hydrogens is 532 g/mol. The summed E-state index contributed by atoms with van der Waals surface area (Å²) in [5, 5.41) is 40.1. The highest BCUT2D eigenvalue weighted by molar-refractivity contribution is 5.68. The van der Waals surface area contributed by atoms with E-state index in [4.69, 9.17) is 9.47 Å². The third kappa shape index (κ3) is 3.62. The topological polar surface area (TPSA) is 120 Å². The van der Waals surface area contributed by atoms with E-state index < -0.39 is 23.9 Å². The summed E-state index contributed by atoms with van der Waals surface area (Å²) < 4.78 is 12.8. The van der Waals surface area contributed by atoms with Crippen LogP contribution in [0.2, 0.25) is 0 Å². The highest BCUT2D eigenvalue weighted by atomic mass is 16.6. The minimum Gasteiger partial charge on any atom is -0.446 e. The van der Waals surface area contributed by atoms with E-state index in [2.05, 4.69) is 45.3 Å². The summed E-state index contributed by atoms with van der Waals surface area (Å²) in [6.07, 6.45) is 5.71. The van der Waals surface area contributed by atoms with Crippen LogP contribution in [0.25, 0.3) is 0 Å². The van der Waals surface area contributed by atoms with Crippen LogP contribution in [0.5, 0.6) is 0 Å². The van der Waals surface area contributed by atoms with Gasteiger partial charge in [0.05, 0.1) is 30.0 Å². The van der Waals surface area contributed by atoms with E-state index in [1.165, 1.54) is 12.8 Å². The average molecular weight is 589 g/mol. The molecule has 2 heterocycles. The molecule has 1 amide bonds. The first-order valence-corrected chi connectivity index (χ1v) is 16.9. The van der Waals surface area contributed by atoms with Crippen molar-refractivity contribution in [1.29, 1.82) is 0 Å². The molecule has 0 radical (unpaired) electrons. The second-order valence-corrected chi connectivity index (χ2v) is 17.5. The van der Waals surface area contributed by atoms with Crippen molar-refractivity contribution < 1.29 is 29.6 Å². The number of carbonyl (C=O) groups is 1. The fraction of sp³-hybridized carbons (Fsp3) is 0.971. The van der Waals surface area contributed by atoms with Gasteiger partial charge in [0, 0.05) is 23.9 Å². The van der Waals surface area contributed by atoms with Crippen LogP contribution in [0.15, 0.2) is 0 Å². The van der Waals surface area contributed by atoms with Crippen molar-refractivity contribution in [2.24, 2.45) is 50.7 Å². The van der Waals surface area contributed by atoms with Crippen LogP contribution in [0.3, 0.4) is 0 Å². The van der Waals surface area contributed by atoms with Crippen LogP contribution in [0, 0.1) is 50.7 Å². The lowest BCUT2D eigenvalue weighted by Gasteiger charge is -2.63. The summed E-state index contributed by atoms with van der Waals surface area (Å²) in [6.45, 7) is 16.7. The van der Waals surface area contributed by atoms with Gasteiger partial charge in [-0.25, -0.2) is 4.79 Å². The van der Waals surface area contributed by atoms with Gasteiger partial charge in [-0.15, -0.1) is 0 Å². The van der Waals surface area contributed by atoms with Crippen molar-refractivity contribution in [3.8, 4) is 0 Å². The number of rotatable bonds is 4. The van der Waals surface area contributed by atoms with Crippen molar-refractivity contribution in [2.45, 2.75) is 142 Å². The standard InChI is InChI=1S/C34H56N2O6/c1-18-14-20(26(37)30(4,5)40)41-25-24(18)31(6)12-13-34-17-33(34)11-10-23(42-28(39)36-19-15-35-16-19)29(2,3)21(33)8-9-22(34)32(31,7)27(25)38/h18-27,35,37-38,40H,8-17H2,1-7H3,(H,36,39)/t18-,20?,21+,22?,23?,24+,25?,26+,27+,31-,32-,33-,34+/m1/s1. The van der Waals surface area contributed by atoms with Gasteiger partial charge in [0.2, 0.25) is 0 Å². The van der Waals surface area contributed by atoms with Crippen LogP contribution in [-0.4, -0.2) is 76.7 Å². The van der Waals surface area contributed by atoms with E-state index in [0.717, 1.165) is 45.2 Å². The highest BCUT2D eigenvalue weighted by Gasteiger charge is 2.84. The zero-order chi connectivity index (χ0) is 30.3. The number of hydrogen-bond donors (Lipinski definition) is 5. The Morgan fingerprint density at radius 3 is 2.36 bits per heavy atom. The van der Waals surface area contributed by atoms with Gasteiger partial charge in [0.25, 0.3) is 0 Å². The second kappa shape index (κ2) is 9.08. The molecule has 42 heavy (non-hydrogen) atoms. The largest absolute Gasteiger partial charge is 0.446 e. The second-order valence-electron chi connectivity index (χ2n) is 17.5. The number of carbonyl (C=O) groups excluding carboxylic acids is 1. The Morgan fingerprint density at radius 1 is 1.05 bits per heavy atom. The van der Waals surface area contributed by atoms with Gasteiger partial charge >= 0.3 is 6.09 Å². The van der Waals surface area contributed by atoms with E-state index in [1.54, 1.807) is 13.8 Å². The number of alkyl carbamates (subject to hydrolysis) is 1. The molecule has 7 rings (SSSR count). The first-order valence-electron chi connectivity index (χ1n) is 16.9. The SMILES string of the molecule is C[C@@H]1CC([C@H](O)C(C)(C)O)OC2[C@H]1[C@@]1(C)CC[C@@]34C[C@@]35CCC(OC(=O)NC3CNC3)C(C)(C)[C@@H]5CCC4[C@]1(C)[C@H]2O. The van der Waals surface area contributed by atoms with Gasteiger partial charge in [-0.1, -0.05) is 34.6 Å². The molecule has 13 atom stereocenters. The summed E-state index contributed by atoms with van der Waals surface area (Å²) in [5.41, 5.74) is -1.17. The predicted octanol–water partition coefficient (Wildman–Crippen LogP) is 4.00. The Bertz CT molecular complexity index is 1120. The number of fused-ring (bicyclic) bond motifs is 4. The molecule has 2 spiro atoms. The highest BCUT2D eigenvalue weighted by Crippen LogP contribution is 2.89. The molecule has 0 bridgehead atoms. The molecule has 2 aliphatic heterocycles. The summed E-state index contributed by atoms with van der Waals surface area (Å²) in [4.78, 5) is 12.8. The van der Waals surface area contributed by atoms with Crippen LogP contribution in [0.1, 0.15) is 99.8 Å². The van der Waals surface area contributed by atoms with Gasteiger partial charge < -0.3 is 35.4 Å². The fourth-order valence-electron chi connectivity index (χ4n) is 12.9. The monoisotopic (exact) mass is 588 g/mol. The number of aliphatic hydroxyl groups is 3. The number of amides is 1. The summed E-state index contributed by atoms with van der Waals surface area (Å²) in [5.74, 6) is 1.46. The van der Waals surface area contributed by atoms with E-state index in [-0.39, 0.29) is 57.3 Å². The van der Waals surface area contributed by atoms with Gasteiger partial charge in [0.15, 0.2) is 0 Å². The first kappa shape index (κ1) is 29.8. The summed E-state index contributed by atoms with van der Waals surface area (Å²) in [6, 6.07) is 0.178. The van der Waals surface area contributed by atoms with E-state index in [0.29, 0.717) is 24.2 Å². The quantitative estimate of drug-likeness (QED) is 0.337. The van der Waals surface area contributed by atoms with Crippen LogP contribution >= 0.6 is 0 Å². The number of ether oxygens (including phenoxy) is 2. The molecule has 8 heteroatoms. The molecule has 0 aromatic carbocycles. The Balaban J connectivity index is 1.14. The lowest BCUT2D eigenvalue weighted by atomic mass is 9.41. The summed E-state index contributed by atoms with van der Waals surface area (Å²) in [7, 11) is 0. The average Bonchev–Trinajstić information content (AvgIpc) is 3.51. The van der Waals surface area contributed by atoms with Crippen LogP contribution in [-0.2, 0) is 9.47 Å². The Labute approximate surface area is 252 Å². The fourth-order valence-corrected chi connectivity index (χ4v) is 12.9. The first-order chi connectivity index (χ1) is 19.5. The van der Waals surface area contributed by atoms with Crippen molar-refractivity contribution in [1.82, 2.24) is 10.6 Å². The van der Waals surface area contributed by atoms with E-state index in [1.807, 2.05) is 0 Å². The molecule has 8 nitrogen and oxygen atoms in total. The molecule has 2 saturated heterocycles. The Kier molecular flexibility index (Phi) is 6.44. The molecule has 238 valence electrons. The number of nitrogens with one attached hydrogen (secondary N) is 2. The predicted molar refractivity (Wildman–Crippen MR) is 158 cm³/mol. The maximum atomic E-state index is 12.8. The van der Waals surface area contributed by atoms with E-state index >= 15 is 0 Å². The number of hydrogen-bond acceptors (Lipinski definition) is 7. The lowest BCUT2D eigenvalue weighted by molar-refractivity contribution is -0.202. The number of aliphatic hydroxyl groups excluding tert-OH is 2. The molecule has 5 N–H and O–H groups in total. The van der Waals surface area contributed by atoms with Crippen molar-refractivity contribution >= 4 is 6.09 Å². The van der Waals surface area contributed by atoms with E-state index in [9.17, 15) is 20.1 Å². The minimum atomic E-state index is -1.26. The molecule has 5 aliphatic carbocycles. The smallest absolute Gasteiger partial charge is 0.407 e. The van der Waals surface area contributed by atoms with Gasteiger partial charge in [0.1, 0.15) is 12.2 Å². The molecule has 0 aromatic heterocycles. The Hall–Kier alpha value is -0.930. The van der Waals surface area contributed by atoms with Crippen molar-refractivity contribution in [2.75, 3.05) is 13.1 Å². The Morgan fingerprint density at radius 2 is 1.71 bits per heavy atom. The molecule has 7 aliphatic rings. The van der Waals surface area contributed by atoms with Gasteiger partial charge in [-0.05, 0) is 105 Å². The van der Waals surface area contributed by atoms with Gasteiger partial charge in [-0.2, -0.15) is 0 Å². The normalized spacial score (nSPS) is 53.3. The van der Waals surface area contributed by atoms with Crippen LogP contribution in [0.4, 0.5) is 4.79 Å². The summed E-state index contributed by atoms with van der Waals surface area (Å²) >= 11 is 0. The third-order valence-electron chi connectivity index (χ3n) is 15.2. The minimum absolute atomic E-state index is 0.0437. The van der Waals surface area contributed by atoms with Crippen molar-refractivity contribution in [3.05, 3.63) is 0 Å². The zero-order valence-electron chi connectivity index (χ0n) is 26.9. The van der Waals surface area contributed by atoms with Gasteiger partial charge in [-0.3, -0.25) is 0 Å². The molecule has 0 aromatic rings. The molecule has 5 saturated carbocycles. The van der Waals surface area contributed by atoms with Crippen molar-refractivity contribution in [3.63, 3.8) is 0 Å². The lowest BCUT2D eigenvalue weighted by Crippen LogP contribution is -2.60. The molecule has 7 fully saturated rings. The maximum Gasteiger partial charge on any atom is 0.407 e. The zero-order valence-corrected chi connectivity index (χ0v) is 26.9. The van der Waals surface area contributed by atoms with Crippen LogP contribution < -0.4 is 10.6 Å². The molecule has 4 unspecified atom stereocenters. The molecular formula is C34H56N2O6. The maximum absolute atomic E-state index is 12.8. The third-order valence-corrected chi connectivity index (χ3v) is 15.2.